The van der Waals surface area contributed by atoms with Crippen molar-refractivity contribution >= 4 is 29.1 Å². The number of ketones is 1. The number of carbonyl (C=O) groups is 3. The number of rotatable bonds is 7. The van der Waals surface area contributed by atoms with Gasteiger partial charge in [0.05, 0.1) is 16.5 Å². The van der Waals surface area contributed by atoms with Crippen LogP contribution in [0.1, 0.15) is 30.0 Å². The van der Waals surface area contributed by atoms with Gasteiger partial charge in [0.1, 0.15) is 5.76 Å². The maximum atomic E-state index is 12.8. The van der Waals surface area contributed by atoms with E-state index < -0.39 is 34.4 Å². The van der Waals surface area contributed by atoms with Crippen molar-refractivity contribution in [3.8, 4) is 0 Å². The van der Waals surface area contributed by atoms with E-state index in [9.17, 15) is 29.6 Å². The van der Waals surface area contributed by atoms with Gasteiger partial charge in [-0.3, -0.25) is 24.5 Å². The first kappa shape index (κ1) is 20.7. The molecule has 0 spiro atoms. The van der Waals surface area contributed by atoms with Gasteiger partial charge in [0.2, 0.25) is 0 Å². The maximum Gasteiger partial charge on any atom is 0.303 e. The Bertz CT molecular complexity index is 1030. The zero-order valence-electron chi connectivity index (χ0n) is 15.7. The molecule has 9 nitrogen and oxygen atoms in total. The van der Waals surface area contributed by atoms with Gasteiger partial charge in [-0.15, -0.1) is 0 Å². The number of aliphatic hydroxyl groups is 1. The van der Waals surface area contributed by atoms with Gasteiger partial charge in [-0.05, 0) is 24.1 Å². The highest BCUT2D eigenvalue weighted by atomic mass is 16.6. The number of carboxylic acid groups (broad SMARTS) is 1. The normalized spacial score (nSPS) is 17.9. The molecule has 0 aromatic heterocycles. The second kappa shape index (κ2) is 8.56. The van der Waals surface area contributed by atoms with Crippen molar-refractivity contribution in [2.45, 2.75) is 18.9 Å². The quantitative estimate of drug-likeness (QED) is 0.235. The maximum absolute atomic E-state index is 12.8. The van der Waals surface area contributed by atoms with E-state index in [2.05, 4.69) is 0 Å². The molecule has 2 aromatic carbocycles. The van der Waals surface area contributed by atoms with Crippen molar-refractivity contribution in [1.82, 2.24) is 4.90 Å². The first-order valence-corrected chi connectivity index (χ1v) is 9.11. The lowest BCUT2D eigenvalue weighted by molar-refractivity contribution is -0.384. The van der Waals surface area contributed by atoms with Crippen LogP contribution in [-0.2, 0) is 14.4 Å². The Hall–Kier alpha value is -4.01. The topological polar surface area (TPSA) is 138 Å². The van der Waals surface area contributed by atoms with Crippen LogP contribution in [0.5, 0.6) is 0 Å². The molecular weight excluding hydrogens is 392 g/mol. The third-order valence-electron chi connectivity index (χ3n) is 4.80. The first-order chi connectivity index (χ1) is 14.3. The number of hydrogen-bond donors (Lipinski definition) is 2. The van der Waals surface area contributed by atoms with Crippen LogP contribution < -0.4 is 0 Å². The van der Waals surface area contributed by atoms with Crippen molar-refractivity contribution in [2.75, 3.05) is 6.54 Å². The predicted molar refractivity (Wildman–Crippen MR) is 105 cm³/mol. The smallest absolute Gasteiger partial charge is 0.303 e. The van der Waals surface area contributed by atoms with Gasteiger partial charge in [0.15, 0.2) is 0 Å². The molecule has 1 fully saturated rings. The fourth-order valence-electron chi connectivity index (χ4n) is 3.39. The van der Waals surface area contributed by atoms with Crippen LogP contribution in [0.4, 0.5) is 5.69 Å². The molecule has 0 radical (unpaired) electrons. The Morgan fingerprint density at radius 2 is 1.67 bits per heavy atom. The fourth-order valence-corrected chi connectivity index (χ4v) is 3.39. The summed E-state index contributed by atoms with van der Waals surface area (Å²) in [5.41, 5.74) is 0.413. The van der Waals surface area contributed by atoms with Gasteiger partial charge >= 0.3 is 5.97 Å². The van der Waals surface area contributed by atoms with E-state index in [-0.39, 0.29) is 36.2 Å². The summed E-state index contributed by atoms with van der Waals surface area (Å²) >= 11 is 0. The minimum absolute atomic E-state index is 0.0213. The lowest BCUT2D eigenvalue weighted by Crippen LogP contribution is -2.31. The van der Waals surface area contributed by atoms with Gasteiger partial charge in [0, 0.05) is 30.7 Å². The lowest BCUT2D eigenvalue weighted by Gasteiger charge is -2.25. The summed E-state index contributed by atoms with van der Waals surface area (Å²) in [7, 11) is 0. The number of nitrogens with zero attached hydrogens (tertiary/aromatic N) is 2. The molecule has 1 heterocycles. The van der Waals surface area contributed by atoms with Crippen molar-refractivity contribution in [2.24, 2.45) is 0 Å². The number of carbonyl (C=O) groups excluding carboxylic acids is 2. The summed E-state index contributed by atoms with van der Waals surface area (Å²) in [6, 6.07) is 12.7. The summed E-state index contributed by atoms with van der Waals surface area (Å²) < 4.78 is 0. The summed E-state index contributed by atoms with van der Waals surface area (Å²) in [5, 5.41) is 30.5. The Labute approximate surface area is 171 Å². The second-order valence-corrected chi connectivity index (χ2v) is 6.70. The van der Waals surface area contributed by atoms with Gasteiger partial charge in [-0.25, -0.2) is 0 Å². The minimum atomic E-state index is -1.02. The van der Waals surface area contributed by atoms with Crippen molar-refractivity contribution in [3.63, 3.8) is 0 Å². The standard InChI is InChI=1S/C21H18N2O7/c24-16(25)7-4-12-22-18(13-5-2-1-3-6-13)17(20(27)21(22)28)19(26)14-8-10-15(11-9-14)23(29)30/h1-3,5-6,8-11,18,26H,4,7,12H2,(H,24,25)/b19-17+/t18-/m1/s1. The number of nitro groups is 1. The van der Waals surface area contributed by atoms with Crippen molar-refractivity contribution in [3.05, 3.63) is 81.4 Å². The summed E-state index contributed by atoms with van der Waals surface area (Å²) in [4.78, 5) is 47.7. The largest absolute Gasteiger partial charge is 0.507 e. The Morgan fingerprint density at radius 1 is 1.03 bits per heavy atom. The molecule has 0 bridgehead atoms. The molecule has 1 amide bonds. The van der Waals surface area contributed by atoms with E-state index in [0.29, 0.717) is 5.56 Å². The predicted octanol–water partition coefficient (Wildman–Crippen LogP) is 2.88. The van der Waals surface area contributed by atoms with E-state index >= 15 is 0 Å². The van der Waals surface area contributed by atoms with E-state index in [1.165, 1.54) is 29.2 Å². The van der Waals surface area contributed by atoms with Crippen LogP contribution >= 0.6 is 0 Å². The SMILES string of the molecule is O=C(O)CCCN1C(=O)C(=O)/C(=C(/O)c2ccc([N+](=O)[O-])cc2)[C@H]1c1ccccc1. The van der Waals surface area contributed by atoms with E-state index in [4.69, 9.17) is 5.11 Å². The van der Waals surface area contributed by atoms with Crippen molar-refractivity contribution in [1.29, 1.82) is 0 Å². The van der Waals surface area contributed by atoms with Gasteiger partial charge in [-0.2, -0.15) is 0 Å². The highest BCUT2D eigenvalue weighted by Crippen LogP contribution is 2.39. The first-order valence-electron chi connectivity index (χ1n) is 9.11. The van der Waals surface area contributed by atoms with Crippen LogP contribution in [0.3, 0.4) is 0 Å². The molecule has 2 aromatic rings. The Morgan fingerprint density at radius 3 is 2.23 bits per heavy atom. The second-order valence-electron chi connectivity index (χ2n) is 6.70. The lowest BCUT2D eigenvalue weighted by atomic mass is 9.95. The number of likely N-dealkylation sites (tertiary alicyclic amines) is 1. The third-order valence-corrected chi connectivity index (χ3v) is 4.80. The monoisotopic (exact) mass is 410 g/mol. The molecule has 0 aliphatic carbocycles. The Balaban J connectivity index is 2.06. The van der Waals surface area contributed by atoms with Crippen LogP contribution in [0.15, 0.2) is 60.2 Å². The molecule has 9 heteroatoms. The number of carboxylic acids is 1. The highest BCUT2D eigenvalue weighted by molar-refractivity contribution is 6.46. The summed E-state index contributed by atoms with van der Waals surface area (Å²) in [6.45, 7) is 0.0213. The summed E-state index contributed by atoms with van der Waals surface area (Å²) in [6.07, 6.45) is -0.0316. The molecule has 154 valence electrons. The van der Waals surface area contributed by atoms with E-state index in [1.54, 1.807) is 30.3 Å². The van der Waals surface area contributed by atoms with Crippen LogP contribution in [0.2, 0.25) is 0 Å². The van der Waals surface area contributed by atoms with Crippen LogP contribution in [0.25, 0.3) is 5.76 Å². The van der Waals surface area contributed by atoms with E-state index in [1.807, 2.05) is 0 Å². The molecule has 3 rings (SSSR count). The number of aliphatic carboxylic acids is 1. The van der Waals surface area contributed by atoms with E-state index in [0.717, 1.165) is 0 Å². The molecule has 0 unspecified atom stereocenters. The number of amides is 1. The minimum Gasteiger partial charge on any atom is -0.507 e. The molecular formula is C21H18N2O7. The number of aliphatic hydroxyl groups excluding tert-OH is 1. The van der Waals surface area contributed by atoms with Gasteiger partial charge < -0.3 is 15.1 Å². The average Bonchev–Trinajstić information content (AvgIpc) is 2.98. The third kappa shape index (κ3) is 4.04. The number of nitro benzene ring substituents is 1. The highest BCUT2D eigenvalue weighted by Gasteiger charge is 2.45. The molecule has 0 saturated carbocycles. The zero-order chi connectivity index (χ0) is 21.8. The molecule has 1 aliphatic heterocycles. The molecule has 1 saturated heterocycles. The van der Waals surface area contributed by atoms with Crippen molar-refractivity contribution < 1.29 is 29.5 Å². The number of hydrogen-bond acceptors (Lipinski definition) is 6. The van der Waals surface area contributed by atoms with Crippen LogP contribution in [0, 0.1) is 10.1 Å². The van der Waals surface area contributed by atoms with Gasteiger partial charge in [0.25, 0.3) is 17.4 Å². The molecule has 1 aliphatic rings. The molecule has 1 atom stereocenters. The van der Waals surface area contributed by atoms with Crippen LogP contribution in [-0.4, -0.2) is 44.2 Å². The molecule has 2 N–H and O–H groups in total. The Kier molecular flexibility index (Phi) is 5.91. The number of Topliss-reactive ketones (excluding diaryl/α,β-unsaturated/α-hetero) is 1. The number of benzene rings is 2. The number of non-ortho nitro benzene ring substituents is 1. The zero-order valence-corrected chi connectivity index (χ0v) is 15.7. The molecule has 30 heavy (non-hydrogen) atoms. The van der Waals surface area contributed by atoms with Gasteiger partial charge in [-0.1, -0.05) is 30.3 Å². The average molecular weight is 410 g/mol. The fraction of sp³-hybridized carbons (Fsp3) is 0.190. The summed E-state index contributed by atoms with van der Waals surface area (Å²) in [5.74, 6) is -3.20.